The lowest BCUT2D eigenvalue weighted by atomic mass is 9.92. The van der Waals surface area contributed by atoms with Crippen LogP contribution < -0.4 is 16.0 Å². The molecule has 3 aromatic carbocycles. The Bertz CT molecular complexity index is 1850. The maximum Gasteiger partial charge on any atom is 0.358 e. The molecular formula is C32H27F2N5O5. The van der Waals surface area contributed by atoms with Crippen LogP contribution in [0.1, 0.15) is 51.9 Å². The van der Waals surface area contributed by atoms with Gasteiger partial charge in [-0.25, -0.2) is 18.6 Å². The van der Waals surface area contributed by atoms with Gasteiger partial charge in [-0.1, -0.05) is 6.07 Å². The number of anilines is 2. The number of halogens is 2. The van der Waals surface area contributed by atoms with Crippen LogP contribution in [0.15, 0.2) is 54.6 Å². The molecule has 0 radical (unpaired) electrons. The Labute approximate surface area is 250 Å². The number of benzene rings is 3. The molecule has 1 saturated carbocycles. The van der Waals surface area contributed by atoms with E-state index in [1.54, 1.807) is 26.0 Å². The molecule has 224 valence electrons. The van der Waals surface area contributed by atoms with Crippen molar-refractivity contribution in [1.29, 1.82) is 0 Å². The van der Waals surface area contributed by atoms with Gasteiger partial charge in [-0.3, -0.25) is 14.4 Å². The van der Waals surface area contributed by atoms with Gasteiger partial charge in [-0.2, -0.15) is 0 Å². The second-order valence-electron chi connectivity index (χ2n) is 10.7. The number of ether oxygens (including phenoxy) is 1. The van der Waals surface area contributed by atoms with Gasteiger partial charge >= 0.3 is 5.97 Å². The van der Waals surface area contributed by atoms with Crippen molar-refractivity contribution in [3.05, 3.63) is 88.7 Å². The molecule has 1 aliphatic carbocycles. The number of aromatic nitrogens is 2. The summed E-state index contributed by atoms with van der Waals surface area (Å²) in [6, 6.07) is 12.7. The van der Waals surface area contributed by atoms with E-state index in [2.05, 4.69) is 25.9 Å². The van der Waals surface area contributed by atoms with Crippen LogP contribution in [-0.2, 0) is 20.9 Å². The van der Waals surface area contributed by atoms with Crippen molar-refractivity contribution in [3.63, 3.8) is 0 Å². The highest BCUT2D eigenvalue weighted by atomic mass is 19.1. The van der Waals surface area contributed by atoms with E-state index in [0.29, 0.717) is 52.3 Å². The Balaban J connectivity index is 1.24. The third-order valence-corrected chi connectivity index (χ3v) is 7.81. The van der Waals surface area contributed by atoms with Crippen LogP contribution in [0.4, 0.5) is 20.2 Å². The molecule has 0 saturated heterocycles. The summed E-state index contributed by atoms with van der Waals surface area (Å²) in [5.74, 6) is -2.82. The molecule has 4 aromatic rings. The van der Waals surface area contributed by atoms with E-state index >= 15 is 4.39 Å². The number of esters is 1. The highest BCUT2D eigenvalue weighted by Gasteiger charge is 2.56. The minimum Gasteiger partial charge on any atom is -0.461 e. The molecule has 10 nitrogen and oxygen atoms in total. The number of carbonyl (C=O) groups excluding carboxylic acids is 4. The van der Waals surface area contributed by atoms with Gasteiger partial charge in [0.05, 0.1) is 12.2 Å². The zero-order valence-corrected chi connectivity index (χ0v) is 23.8. The second-order valence-corrected chi connectivity index (χ2v) is 10.7. The van der Waals surface area contributed by atoms with Crippen molar-refractivity contribution in [1.82, 2.24) is 15.3 Å². The van der Waals surface area contributed by atoms with E-state index in [0.717, 1.165) is 6.07 Å². The maximum absolute atomic E-state index is 15.5. The number of aromatic amines is 1. The lowest BCUT2D eigenvalue weighted by Gasteiger charge is -2.16. The Hall–Kier alpha value is -5.39. The molecule has 12 heteroatoms. The number of imidazole rings is 1. The third-order valence-electron chi connectivity index (χ3n) is 7.81. The first-order valence-corrected chi connectivity index (χ1v) is 14.0. The predicted octanol–water partition coefficient (Wildman–Crippen LogP) is 5.11. The third kappa shape index (κ3) is 5.08. The molecule has 4 N–H and O–H groups in total. The quantitative estimate of drug-likeness (QED) is 0.164. The van der Waals surface area contributed by atoms with E-state index in [1.165, 1.54) is 36.4 Å². The van der Waals surface area contributed by atoms with Crippen molar-refractivity contribution in [2.75, 3.05) is 17.2 Å². The molecule has 2 aliphatic rings. The number of aryl methyl sites for hydroxylation is 1. The average molecular weight is 600 g/mol. The standard InChI is InChI=1S/C32H27F2N5O5/c1-3-44-29(41)26-16(2)36-27(39-26)22-11-10-20(23-15-35-28(40)25(22)23)21-9-8-19(14-24(21)34)38-31(43)32(12-13-32)30(42)37-18-6-4-17(33)5-7-18/h4-11,14H,3,12-13,15H2,1-2H3,(H,35,40)(H,36,39)(H,37,42)(H,38,43). The molecular weight excluding hydrogens is 572 g/mol. The van der Waals surface area contributed by atoms with Crippen LogP contribution in [0.5, 0.6) is 0 Å². The van der Waals surface area contributed by atoms with Gasteiger partial charge in [0.1, 0.15) is 22.9 Å². The number of carbonyl (C=O) groups is 4. The Morgan fingerprint density at radius 2 is 1.57 bits per heavy atom. The molecule has 6 rings (SSSR count). The smallest absolute Gasteiger partial charge is 0.358 e. The fourth-order valence-electron chi connectivity index (χ4n) is 5.31. The molecule has 0 unspecified atom stereocenters. The molecule has 0 bridgehead atoms. The van der Waals surface area contributed by atoms with Crippen LogP contribution in [0.25, 0.3) is 22.5 Å². The summed E-state index contributed by atoms with van der Waals surface area (Å²) < 4.78 is 33.8. The van der Waals surface area contributed by atoms with E-state index in [9.17, 15) is 23.6 Å². The molecule has 2 heterocycles. The van der Waals surface area contributed by atoms with Gasteiger partial charge in [0.15, 0.2) is 5.69 Å². The van der Waals surface area contributed by atoms with Crippen LogP contribution in [0.3, 0.4) is 0 Å². The van der Waals surface area contributed by atoms with Gasteiger partial charge in [-0.15, -0.1) is 0 Å². The summed E-state index contributed by atoms with van der Waals surface area (Å²) >= 11 is 0. The summed E-state index contributed by atoms with van der Waals surface area (Å²) in [5, 5.41) is 8.05. The zero-order chi connectivity index (χ0) is 31.2. The van der Waals surface area contributed by atoms with Crippen molar-refractivity contribution in [3.8, 4) is 22.5 Å². The lowest BCUT2D eigenvalue weighted by molar-refractivity contribution is -0.131. The van der Waals surface area contributed by atoms with E-state index in [1.807, 2.05) is 0 Å². The summed E-state index contributed by atoms with van der Waals surface area (Å²) in [5.41, 5.74) is 1.83. The summed E-state index contributed by atoms with van der Waals surface area (Å²) in [6.45, 7) is 3.71. The monoisotopic (exact) mass is 599 g/mol. The number of rotatable bonds is 8. The average Bonchev–Trinajstić information content (AvgIpc) is 3.60. The van der Waals surface area contributed by atoms with Gasteiger partial charge in [0, 0.05) is 34.7 Å². The Morgan fingerprint density at radius 1 is 0.932 bits per heavy atom. The molecule has 1 aromatic heterocycles. The van der Waals surface area contributed by atoms with Crippen molar-refractivity contribution < 1.29 is 32.7 Å². The normalized spacial score (nSPS) is 14.4. The SMILES string of the molecule is CCOC(=O)c1nc(-c2ccc(-c3ccc(NC(=O)C4(C(=O)Nc5ccc(F)cc5)CC4)cc3F)c3c2C(=O)NC3)[nH]c1C. The first-order valence-electron chi connectivity index (χ1n) is 14.0. The van der Waals surface area contributed by atoms with Gasteiger partial charge < -0.3 is 25.7 Å². The van der Waals surface area contributed by atoms with Crippen LogP contribution >= 0.6 is 0 Å². The number of fused-ring (bicyclic) bond motifs is 1. The number of H-pyrrole nitrogens is 1. The van der Waals surface area contributed by atoms with Crippen molar-refractivity contribution >= 4 is 35.1 Å². The van der Waals surface area contributed by atoms with Crippen LogP contribution in [0, 0.1) is 24.0 Å². The maximum atomic E-state index is 15.5. The fourth-order valence-corrected chi connectivity index (χ4v) is 5.31. The number of nitrogens with zero attached hydrogens (tertiary/aromatic N) is 1. The predicted molar refractivity (Wildman–Crippen MR) is 157 cm³/mol. The van der Waals surface area contributed by atoms with Gasteiger partial charge in [0.25, 0.3) is 5.91 Å². The van der Waals surface area contributed by atoms with Gasteiger partial charge in [0.2, 0.25) is 11.8 Å². The molecule has 1 fully saturated rings. The minimum atomic E-state index is -1.30. The molecule has 1 aliphatic heterocycles. The zero-order valence-electron chi connectivity index (χ0n) is 23.8. The first-order chi connectivity index (χ1) is 21.1. The van der Waals surface area contributed by atoms with Crippen molar-refractivity contribution in [2.24, 2.45) is 5.41 Å². The Kier molecular flexibility index (Phi) is 7.20. The van der Waals surface area contributed by atoms with Crippen molar-refractivity contribution in [2.45, 2.75) is 33.2 Å². The molecule has 3 amide bonds. The number of nitrogens with one attached hydrogen (secondary N) is 4. The van der Waals surface area contributed by atoms with E-state index < -0.39 is 34.8 Å². The van der Waals surface area contributed by atoms with Crippen LogP contribution in [0.2, 0.25) is 0 Å². The number of hydrogen-bond acceptors (Lipinski definition) is 6. The number of amides is 3. The topological polar surface area (TPSA) is 142 Å². The first kappa shape index (κ1) is 28.7. The summed E-state index contributed by atoms with van der Waals surface area (Å²) in [4.78, 5) is 58.5. The van der Waals surface area contributed by atoms with E-state index in [-0.39, 0.29) is 36.0 Å². The van der Waals surface area contributed by atoms with E-state index in [4.69, 9.17) is 4.74 Å². The summed E-state index contributed by atoms with van der Waals surface area (Å²) in [7, 11) is 0. The minimum absolute atomic E-state index is 0.114. The van der Waals surface area contributed by atoms with Crippen LogP contribution in [-0.4, -0.2) is 40.3 Å². The van der Waals surface area contributed by atoms with Gasteiger partial charge in [-0.05, 0) is 86.3 Å². The summed E-state index contributed by atoms with van der Waals surface area (Å²) in [6.07, 6.45) is 0.644. The molecule has 44 heavy (non-hydrogen) atoms. The number of hydrogen-bond donors (Lipinski definition) is 4. The Morgan fingerprint density at radius 3 is 2.23 bits per heavy atom. The molecule has 0 atom stereocenters. The fraction of sp³-hybridized carbons (Fsp3) is 0.219. The highest BCUT2D eigenvalue weighted by Crippen LogP contribution is 2.47. The largest absolute Gasteiger partial charge is 0.461 e. The second kappa shape index (κ2) is 11.0. The highest BCUT2D eigenvalue weighted by molar-refractivity contribution is 6.17. The lowest BCUT2D eigenvalue weighted by Crippen LogP contribution is -2.35. The molecule has 0 spiro atoms.